The molecular weight excluding hydrogens is 272 g/mol. The van der Waals surface area contributed by atoms with Crippen LogP contribution >= 0.6 is 0 Å². The van der Waals surface area contributed by atoms with Crippen molar-refractivity contribution >= 4 is 0 Å². The lowest BCUT2D eigenvalue weighted by atomic mass is 10.1. The van der Waals surface area contributed by atoms with Crippen molar-refractivity contribution in [3.8, 4) is 17.0 Å². The van der Waals surface area contributed by atoms with E-state index < -0.39 is 11.2 Å². The molecule has 106 valence electrons. The molecule has 2 aromatic heterocycles. The van der Waals surface area contributed by atoms with Crippen LogP contribution < -0.4 is 11.2 Å². The van der Waals surface area contributed by atoms with Gasteiger partial charge in [0.1, 0.15) is 5.56 Å². The topological polar surface area (TPSA) is 88.2 Å². The number of aromatic nitrogens is 2. The van der Waals surface area contributed by atoms with E-state index in [1.807, 2.05) is 0 Å². The molecule has 3 rings (SSSR count). The highest BCUT2D eigenvalue weighted by molar-refractivity contribution is 5.67. The van der Waals surface area contributed by atoms with Crippen molar-refractivity contribution in [2.24, 2.45) is 0 Å². The average Bonchev–Trinajstić information content (AvgIpc) is 2.97. The molecule has 3 aromatic rings. The first-order chi connectivity index (χ1) is 10.2. The number of hydrogen-bond acceptors (Lipinski definition) is 4. The number of aromatic amines is 1. The van der Waals surface area contributed by atoms with Crippen molar-refractivity contribution in [2.45, 2.75) is 6.54 Å². The number of nitrogens with zero attached hydrogens (tertiary/aromatic N) is 1. The van der Waals surface area contributed by atoms with Gasteiger partial charge in [-0.05, 0) is 11.6 Å². The van der Waals surface area contributed by atoms with Crippen molar-refractivity contribution in [1.29, 1.82) is 0 Å². The van der Waals surface area contributed by atoms with Crippen LogP contribution in [0.3, 0.4) is 0 Å². The molecule has 0 saturated carbocycles. The lowest BCUT2D eigenvalue weighted by Crippen LogP contribution is -2.31. The van der Waals surface area contributed by atoms with Crippen LogP contribution in [0, 0.1) is 0 Å². The third-order valence-corrected chi connectivity index (χ3v) is 3.16. The summed E-state index contributed by atoms with van der Waals surface area (Å²) in [5, 5.41) is 10.3. The molecular formula is C15H12N2O4. The Morgan fingerprint density at radius 2 is 1.90 bits per heavy atom. The predicted molar refractivity (Wildman–Crippen MR) is 76.2 cm³/mol. The summed E-state index contributed by atoms with van der Waals surface area (Å²) in [5.74, 6) is -0.365. The highest BCUT2D eigenvalue weighted by atomic mass is 16.3. The Kier molecular flexibility index (Phi) is 3.19. The molecule has 0 aliphatic carbocycles. The number of benzene rings is 1. The third-order valence-electron chi connectivity index (χ3n) is 3.16. The van der Waals surface area contributed by atoms with Gasteiger partial charge in [0, 0.05) is 5.56 Å². The fourth-order valence-electron chi connectivity index (χ4n) is 2.14. The minimum atomic E-state index is -0.668. The summed E-state index contributed by atoms with van der Waals surface area (Å²) in [5.41, 5.74) is 0.0277. The minimum Gasteiger partial charge on any atom is -0.494 e. The average molecular weight is 284 g/mol. The van der Waals surface area contributed by atoms with Crippen LogP contribution in [-0.4, -0.2) is 14.7 Å². The van der Waals surface area contributed by atoms with Crippen LogP contribution in [0.5, 0.6) is 5.88 Å². The van der Waals surface area contributed by atoms with E-state index in [0.717, 1.165) is 4.57 Å². The molecule has 21 heavy (non-hydrogen) atoms. The summed E-state index contributed by atoms with van der Waals surface area (Å²) < 4.78 is 6.03. The van der Waals surface area contributed by atoms with Gasteiger partial charge in [0.2, 0.25) is 5.88 Å². The van der Waals surface area contributed by atoms with Gasteiger partial charge < -0.3 is 9.52 Å². The lowest BCUT2D eigenvalue weighted by molar-refractivity contribution is 0.411. The normalized spacial score (nSPS) is 10.7. The smallest absolute Gasteiger partial charge is 0.331 e. The predicted octanol–water partition coefficient (Wildman–Crippen LogP) is 1.55. The largest absolute Gasteiger partial charge is 0.494 e. The Labute approximate surface area is 118 Å². The first kappa shape index (κ1) is 13.0. The second-order valence-electron chi connectivity index (χ2n) is 4.54. The molecule has 0 aliphatic heterocycles. The second-order valence-corrected chi connectivity index (χ2v) is 4.54. The number of rotatable bonds is 3. The van der Waals surface area contributed by atoms with E-state index in [0.29, 0.717) is 11.1 Å². The van der Waals surface area contributed by atoms with Crippen LogP contribution in [0.4, 0.5) is 0 Å². The molecule has 2 N–H and O–H groups in total. The molecule has 0 radical (unpaired) electrons. The molecule has 0 amide bonds. The van der Waals surface area contributed by atoms with Gasteiger partial charge in [-0.1, -0.05) is 30.3 Å². The van der Waals surface area contributed by atoms with Gasteiger partial charge in [-0.3, -0.25) is 14.3 Å². The number of nitrogens with one attached hydrogen (secondary N) is 1. The van der Waals surface area contributed by atoms with Gasteiger partial charge in [0.25, 0.3) is 5.56 Å². The molecule has 0 atom stereocenters. The van der Waals surface area contributed by atoms with Crippen LogP contribution in [-0.2, 0) is 6.54 Å². The van der Waals surface area contributed by atoms with E-state index in [4.69, 9.17) is 4.42 Å². The van der Waals surface area contributed by atoms with Gasteiger partial charge in [-0.2, -0.15) is 0 Å². The van der Waals surface area contributed by atoms with Gasteiger partial charge in [0.15, 0.2) is 0 Å². The molecule has 0 fully saturated rings. The van der Waals surface area contributed by atoms with Gasteiger partial charge in [-0.25, -0.2) is 4.79 Å². The van der Waals surface area contributed by atoms with E-state index in [2.05, 4.69) is 4.98 Å². The molecule has 0 spiro atoms. The van der Waals surface area contributed by atoms with Crippen molar-refractivity contribution < 1.29 is 9.52 Å². The second kappa shape index (κ2) is 5.16. The number of hydrogen-bond donors (Lipinski definition) is 2. The molecule has 0 bridgehead atoms. The fraction of sp³-hybridized carbons (Fsp3) is 0.0667. The van der Waals surface area contributed by atoms with Crippen molar-refractivity contribution in [1.82, 2.24) is 9.55 Å². The number of aromatic hydroxyl groups is 1. The summed E-state index contributed by atoms with van der Waals surface area (Å²) in [4.78, 5) is 26.1. The molecule has 6 nitrogen and oxygen atoms in total. The summed E-state index contributed by atoms with van der Waals surface area (Å²) in [6.07, 6.45) is 2.94. The summed E-state index contributed by atoms with van der Waals surface area (Å²) in [6, 6.07) is 10.4. The highest BCUT2D eigenvalue weighted by Gasteiger charge is 2.16. The molecule has 2 heterocycles. The standard InChI is InChI=1S/C15H12N2O4/c18-13-12(11-4-2-1-3-5-11)14(19)17(15(20)16-13)8-10-6-7-21-9-10/h1-7,9,19H,8H2,(H,16,18,20). The van der Waals surface area contributed by atoms with E-state index in [1.165, 1.54) is 12.5 Å². The first-order valence-electron chi connectivity index (χ1n) is 6.29. The number of H-pyrrole nitrogens is 1. The quantitative estimate of drug-likeness (QED) is 0.763. The van der Waals surface area contributed by atoms with Crippen molar-refractivity contribution in [3.05, 3.63) is 75.3 Å². The van der Waals surface area contributed by atoms with Crippen LogP contribution in [0.15, 0.2) is 62.9 Å². The van der Waals surface area contributed by atoms with E-state index in [1.54, 1.807) is 36.4 Å². The first-order valence-corrected chi connectivity index (χ1v) is 6.29. The summed E-state index contributed by atoms with van der Waals surface area (Å²) in [6.45, 7) is 0.109. The summed E-state index contributed by atoms with van der Waals surface area (Å²) >= 11 is 0. The molecule has 6 heteroatoms. The Balaban J connectivity index is 2.18. The maximum atomic E-state index is 12.0. The SMILES string of the molecule is O=c1[nH]c(=O)n(Cc2ccoc2)c(O)c1-c1ccccc1. The molecule has 0 saturated heterocycles. The summed E-state index contributed by atoms with van der Waals surface area (Å²) in [7, 11) is 0. The Hall–Kier alpha value is -3.02. The van der Waals surface area contributed by atoms with Gasteiger partial charge in [-0.15, -0.1) is 0 Å². The third kappa shape index (κ3) is 2.38. The molecule has 0 unspecified atom stereocenters. The van der Waals surface area contributed by atoms with E-state index in [-0.39, 0.29) is 18.0 Å². The van der Waals surface area contributed by atoms with E-state index in [9.17, 15) is 14.7 Å². The zero-order valence-corrected chi connectivity index (χ0v) is 10.9. The van der Waals surface area contributed by atoms with Gasteiger partial charge in [0.05, 0.1) is 19.1 Å². The maximum absolute atomic E-state index is 12.0. The van der Waals surface area contributed by atoms with Crippen molar-refractivity contribution in [3.63, 3.8) is 0 Å². The molecule has 1 aromatic carbocycles. The van der Waals surface area contributed by atoms with E-state index >= 15 is 0 Å². The van der Waals surface area contributed by atoms with Crippen LogP contribution in [0.25, 0.3) is 11.1 Å². The van der Waals surface area contributed by atoms with Gasteiger partial charge >= 0.3 is 5.69 Å². The number of furan rings is 1. The Bertz CT molecular complexity index is 861. The van der Waals surface area contributed by atoms with Crippen LogP contribution in [0.1, 0.15) is 5.56 Å². The van der Waals surface area contributed by atoms with Crippen LogP contribution in [0.2, 0.25) is 0 Å². The zero-order valence-electron chi connectivity index (χ0n) is 10.9. The Morgan fingerprint density at radius 3 is 2.57 bits per heavy atom. The molecule has 0 aliphatic rings. The lowest BCUT2D eigenvalue weighted by Gasteiger charge is -2.10. The Morgan fingerprint density at radius 1 is 1.14 bits per heavy atom. The fourth-order valence-corrected chi connectivity index (χ4v) is 2.14. The zero-order chi connectivity index (χ0) is 14.8. The monoisotopic (exact) mass is 284 g/mol. The maximum Gasteiger partial charge on any atom is 0.331 e. The highest BCUT2D eigenvalue weighted by Crippen LogP contribution is 2.24. The minimum absolute atomic E-state index is 0.0682. The van der Waals surface area contributed by atoms with Crippen molar-refractivity contribution in [2.75, 3.05) is 0 Å².